The number of anilines is 1. The van der Waals surface area contributed by atoms with E-state index in [1.165, 1.54) is 18.9 Å². The summed E-state index contributed by atoms with van der Waals surface area (Å²) in [6.45, 7) is 11.1. The summed E-state index contributed by atoms with van der Waals surface area (Å²) < 4.78 is 47.4. The van der Waals surface area contributed by atoms with Crippen molar-refractivity contribution < 1.29 is 27.1 Å². The molecule has 0 aromatic heterocycles. The Labute approximate surface area is 325 Å². The predicted octanol–water partition coefficient (Wildman–Crippen LogP) is 4.13. The lowest BCUT2D eigenvalue weighted by molar-refractivity contribution is -0.129. The standard InChI is InChI=1S/C42H57FN6O5S/c43-34-7-1-6-33(24-34)42(30-47-20-5-21-47,38-8-2-9-39(38)54-41(44)51)32-15-22-46(23-16-32)25-31-26-48(27-31)35-11-13-36(14-12-35)55(52,53)37-28-49(29-37)40(50)10-3-17-45-18-4-19-45/h1,3,6-7,10-14,24,31-32,37-39H,2,4-5,8-9,15-23,25-30H2,(H2,44,51)/b10-3+/t38-,39-,42-/m0/s1. The summed E-state index contributed by atoms with van der Waals surface area (Å²) >= 11 is 0. The van der Waals surface area contributed by atoms with Crippen LogP contribution in [0.1, 0.15) is 50.5 Å². The van der Waals surface area contributed by atoms with Crippen LogP contribution < -0.4 is 10.6 Å². The molecule has 0 unspecified atom stereocenters. The predicted molar refractivity (Wildman–Crippen MR) is 210 cm³/mol. The fourth-order valence-electron chi connectivity index (χ4n) is 10.3. The summed E-state index contributed by atoms with van der Waals surface area (Å²) in [5.74, 6) is 0.586. The number of primary amides is 1. The summed E-state index contributed by atoms with van der Waals surface area (Å²) in [5, 5.41) is -0.568. The number of hydrogen-bond donors (Lipinski definition) is 1. The number of nitrogens with two attached hydrogens (primary N) is 1. The van der Waals surface area contributed by atoms with Gasteiger partial charge in [-0.2, -0.15) is 0 Å². The molecule has 2 aromatic rings. The van der Waals surface area contributed by atoms with Crippen LogP contribution in [0.3, 0.4) is 0 Å². The average molecular weight is 777 g/mol. The number of nitrogens with zero attached hydrogens (tertiary/aromatic N) is 5. The second-order valence-corrected chi connectivity index (χ2v) is 19.2. The normalized spacial score (nSPS) is 25.9. The van der Waals surface area contributed by atoms with Crippen LogP contribution in [0.5, 0.6) is 0 Å². The van der Waals surface area contributed by atoms with E-state index in [0.717, 1.165) is 115 Å². The van der Waals surface area contributed by atoms with Crippen molar-refractivity contribution in [1.29, 1.82) is 0 Å². The third-order valence-electron chi connectivity index (χ3n) is 13.7. The molecule has 0 bridgehead atoms. The maximum atomic E-state index is 14.9. The molecular formula is C42H57FN6O5S. The van der Waals surface area contributed by atoms with Crippen LogP contribution in [-0.2, 0) is 24.8 Å². The third kappa shape index (κ3) is 8.04. The summed E-state index contributed by atoms with van der Waals surface area (Å²) in [6.07, 6.45) is 9.52. The minimum Gasteiger partial charge on any atom is -0.446 e. The first-order valence-electron chi connectivity index (χ1n) is 20.5. The zero-order valence-electron chi connectivity index (χ0n) is 31.9. The summed E-state index contributed by atoms with van der Waals surface area (Å²) in [7, 11) is -3.51. The van der Waals surface area contributed by atoms with Crippen LogP contribution in [0.4, 0.5) is 14.9 Å². The molecule has 1 aliphatic carbocycles. The maximum absolute atomic E-state index is 14.9. The summed E-state index contributed by atoms with van der Waals surface area (Å²) in [4.78, 5) is 36.1. The number of carbonyl (C=O) groups excluding carboxylic acids is 2. The zero-order chi connectivity index (χ0) is 38.2. The first-order valence-corrected chi connectivity index (χ1v) is 22.1. The molecule has 2 N–H and O–H groups in total. The van der Waals surface area contributed by atoms with Crippen molar-refractivity contribution in [3.8, 4) is 0 Å². The minimum absolute atomic E-state index is 0.0835. The van der Waals surface area contributed by atoms with Gasteiger partial charge in [-0.3, -0.25) is 9.69 Å². The van der Waals surface area contributed by atoms with Gasteiger partial charge in [-0.15, -0.1) is 0 Å². The molecule has 5 heterocycles. The second-order valence-electron chi connectivity index (χ2n) is 17.0. The van der Waals surface area contributed by atoms with E-state index in [2.05, 4.69) is 25.7 Å². The smallest absolute Gasteiger partial charge is 0.404 e. The Balaban J connectivity index is 0.849. The molecule has 13 heteroatoms. The van der Waals surface area contributed by atoms with Gasteiger partial charge in [-0.05, 0) is 132 Å². The van der Waals surface area contributed by atoms with Crippen LogP contribution in [-0.4, -0.2) is 136 Å². The lowest BCUT2D eigenvalue weighted by Gasteiger charge is -2.53. The van der Waals surface area contributed by atoms with E-state index >= 15 is 0 Å². The van der Waals surface area contributed by atoms with Crippen molar-refractivity contribution in [3.63, 3.8) is 0 Å². The number of likely N-dealkylation sites (tertiary alicyclic amines) is 4. The van der Waals surface area contributed by atoms with Gasteiger partial charge < -0.3 is 30.1 Å². The van der Waals surface area contributed by atoms with E-state index in [1.807, 2.05) is 24.3 Å². The van der Waals surface area contributed by atoms with Gasteiger partial charge in [-0.1, -0.05) is 18.2 Å². The van der Waals surface area contributed by atoms with Crippen LogP contribution in [0.25, 0.3) is 0 Å². The first kappa shape index (κ1) is 38.4. The molecule has 2 amide bonds. The Kier molecular flexibility index (Phi) is 11.3. The Morgan fingerprint density at radius 1 is 0.855 bits per heavy atom. The molecule has 6 fully saturated rings. The van der Waals surface area contributed by atoms with Gasteiger partial charge in [0.05, 0.1) is 4.90 Å². The van der Waals surface area contributed by atoms with Gasteiger partial charge in [0.15, 0.2) is 9.84 Å². The van der Waals surface area contributed by atoms with E-state index in [1.54, 1.807) is 29.2 Å². The van der Waals surface area contributed by atoms with Gasteiger partial charge in [0.2, 0.25) is 5.91 Å². The molecular weight excluding hydrogens is 720 g/mol. The van der Waals surface area contributed by atoms with Crippen molar-refractivity contribution in [2.24, 2.45) is 23.5 Å². The number of hydrogen-bond acceptors (Lipinski definition) is 9. The van der Waals surface area contributed by atoms with Crippen molar-refractivity contribution in [2.75, 3.05) is 90.0 Å². The number of piperidine rings is 1. The Morgan fingerprint density at radius 2 is 1.56 bits per heavy atom. The highest BCUT2D eigenvalue weighted by Gasteiger charge is 2.54. The van der Waals surface area contributed by atoms with Crippen LogP contribution in [0.2, 0.25) is 0 Å². The first-order chi connectivity index (χ1) is 26.6. The minimum atomic E-state index is -3.51. The molecule has 8 rings (SSSR count). The zero-order valence-corrected chi connectivity index (χ0v) is 32.8. The molecule has 55 heavy (non-hydrogen) atoms. The fourth-order valence-corrected chi connectivity index (χ4v) is 12.0. The lowest BCUT2D eigenvalue weighted by Crippen LogP contribution is -2.58. The molecule has 5 saturated heterocycles. The van der Waals surface area contributed by atoms with Crippen molar-refractivity contribution in [3.05, 3.63) is 72.1 Å². The molecule has 11 nitrogen and oxygen atoms in total. The fraction of sp³-hybridized carbons (Fsp3) is 0.619. The van der Waals surface area contributed by atoms with Crippen LogP contribution in [0.15, 0.2) is 65.6 Å². The van der Waals surface area contributed by atoms with Gasteiger partial charge in [0.25, 0.3) is 0 Å². The number of carbonyl (C=O) groups is 2. The van der Waals surface area contributed by atoms with E-state index in [0.29, 0.717) is 16.7 Å². The molecule has 0 spiro atoms. The highest BCUT2D eigenvalue weighted by molar-refractivity contribution is 7.92. The highest BCUT2D eigenvalue weighted by Crippen LogP contribution is 2.52. The Hall–Kier alpha value is -3.52. The van der Waals surface area contributed by atoms with Crippen LogP contribution in [0, 0.1) is 23.6 Å². The van der Waals surface area contributed by atoms with Crippen molar-refractivity contribution in [1.82, 2.24) is 19.6 Å². The molecule has 1 saturated carbocycles. The quantitative estimate of drug-likeness (QED) is 0.283. The van der Waals surface area contributed by atoms with E-state index in [-0.39, 0.29) is 42.3 Å². The number of halogens is 1. The number of benzene rings is 2. The van der Waals surface area contributed by atoms with Gasteiger partial charge in [-0.25, -0.2) is 17.6 Å². The summed E-state index contributed by atoms with van der Waals surface area (Å²) in [6, 6.07) is 14.4. The topological polar surface area (TPSA) is 120 Å². The largest absolute Gasteiger partial charge is 0.446 e. The van der Waals surface area contributed by atoms with Gasteiger partial charge in [0.1, 0.15) is 17.2 Å². The third-order valence-corrected chi connectivity index (χ3v) is 15.8. The number of rotatable bonds is 14. The molecule has 5 aliphatic heterocycles. The van der Waals surface area contributed by atoms with Gasteiger partial charge >= 0.3 is 6.09 Å². The highest BCUT2D eigenvalue weighted by atomic mass is 32.2. The molecule has 298 valence electrons. The second kappa shape index (κ2) is 16.1. The van der Waals surface area contributed by atoms with E-state index in [9.17, 15) is 22.4 Å². The number of sulfone groups is 1. The molecule has 6 aliphatic rings. The monoisotopic (exact) mass is 776 g/mol. The lowest BCUT2D eigenvalue weighted by atomic mass is 9.58. The van der Waals surface area contributed by atoms with E-state index in [4.69, 9.17) is 10.5 Å². The average Bonchev–Trinajstić information content (AvgIpc) is 3.54. The van der Waals surface area contributed by atoms with E-state index < -0.39 is 21.2 Å². The number of amides is 2. The number of ether oxygens (including phenoxy) is 1. The molecule has 2 aromatic carbocycles. The van der Waals surface area contributed by atoms with Crippen LogP contribution >= 0.6 is 0 Å². The summed E-state index contributed by atoms with van der Waals surface area (Å²) in [5.41, 5.74) is 7.31. The SMILES string of the molecule is NC(=O)O[C@H]1CCC[C@@H]1[C@](CN1CCC1)(c1cccc(F)c1)C1CCN(CC2CN(c3ccc(S(=O)(=O)C4CN(C(=O)/C=C/CN5CCC5)C4)cc3)C2)CC1. The van der Waals surface area contributed by atoms with Gasteiger partial charge in [0, 0.05) is 74.8 Å². The Morgan fingerprint density at radius 3 is 2.20 bits per heavy atom. The molecule has 3 atom stereocenters. The maximum Gasteiger partial charge on any atom is 0.404 e. The molecule has 0 radical (unpaired) electrons. The Bertz CT molecular complexity index is 1820. The van der Waals surface area contributed by atoms with Crippen molar-refractivity contribution >= 4 is 27.5 Å². The van der Waals surface area contributed by atoms with Crippen molar-refractivity contribution in [2.45, 2.75) is 66.6 Å².